The Morgan fingerprint density at radius 2 is 1.96 bits per heavy atom. The van der Waals surface area contributed by atoms with E-state index in [-0.39, 0.29) is 11.9 Å². The van der Waals surface area contributed by atoms with Gasteiger partial charge in [0.2, 0.25) is 0 Å². The number of nitrogens with one attached hydrogen (secondary N) is 1. The fourth-order valence-corrected chi connectivity index (χ4v) is 2.94. The molecule has 126 valence electrons. The molecule has 0 spiro atoms. The van der Waals surface area contributed by atoms with Gasteiger partial charge in [-0.2, -0.15) is 0 Å². The third-order valence-electron chi connectivity index (χ3n) is 4.47. The first-order valence-corrected chi connectivity index (χ1v) is 8.33. The van der Waals surface area contributed by atoms with Crippen LogP contribution in [0, 0.1) is 5.92 Å². The van der Waals surface area contributed by atoms with Crippen molar-refractivity contribution in [1.29, 1.82) is 0 Å². The van der Waals surface area contributed by atoms with Crippen LogP contribution in [0.25, 0.3) is 0 Å². The summed E-state index contributed by atoms with van der Waals surface area (Å²) >= 11 is 0. The molecule has 0 aliphatic heterocycles. The molecule has 2 aromatic carbocycles. The van der Waals surface area contributed by atoms with Gasteiger partial charge in [0.15, 0.2) is 6.10 Å². The molecule has 0 radical (unpaired) electrons. The van der Waals surface area contributed by atoms with E-state index >= 15 is 0 Å². The van der Waals surface area contributed by atoms with Gasteiger partial charge in [0, 0.05) is 6.04 Å². The predicted molar refractivity (Wildman–Crippen MR) is 92.8 cm³/mol. The van der Waals surface area contributed by atoms with E-state index in [1.807, 2.05) is 42.5 Å². The summed E-state index contributed by atoms with van der Waals surface area (Å²) in [5.74, 6) is 0.974. The lowest BCUT2D eigenvalue weighted by molar-refractivity contribution is -0.130. The maximum Gasteiger partial charge on any atom is 0.253 e. The molecule has 4 heteroatoms. The molecule has 3 rings (SSSR count). The van der Waals surface area contributed by atoms with Gasteiger partial charge in [-0.1, -0.05) is 42.5 Å². The molecule has 2 aromatic rings. The molecule has 1 amide bonds. The Balaban J connectivity index is 1.66. The Kier molecular flexibility index (Phi) is 5.16. The molecule has 1 saturated carbocycles. The average molecular weight is 325 g/mol. The quantitative estimate of drug-likeness (QED) is 0.823. The molecule has 24 heavy (non-hydrogen) atoms. The second-order valence-corrected chi connectivity index (χ2v) is 6.32. The highest BCUT2D eigenvalue weighted by molar-refractivity contribution is 5.82. The highest BCUT2D eigenvalue weighted by Gasteiger charge is 2.33. The summed E-state index contributed by atoms with van der Waals surface area (Å²) < 4.78 is 5.26. The van der Waals surface area contributed by atoms with E-state index in [9.17, 15) is 9.90 Å². The van der Waals surface area contributed by atoms with E-state index in [4.69, 9.17) is 4.74 Å². The molecular formula is C20H23NO3. The summed E-state index contributed by atoms with van der Waals surface area (Å²) in [6.07, 6.45) is 1.86. The predicted octanol–water partition coefficient (Wildman–Crippen LogP) is 2.87. The number of aliphatic hydroxyl groups excluding tert-OH is 1. The number of methoxy groups -OCH3 is 1. The number of rotatable bonds is 7. The van der Waals surface area contributed by atoms with Crippen molar-refractivity contribution in [2.75, 3.05) is 7.11 Å². The van der Waals surface area contributed by atoms with Gasteiger partial charge in [0.05, 0.1) is 7.11 Å². The van der Waals surface area contributed by atoms with Crippen molar-refractivity contribution in [2.24, 2.45) is 5.92 Å². The minimum Gasteiger partial charge on any atom is -0.497 e. The fraction of sp³-hybridized carbons (Fsp3) is 0.350. The number of hydrogen-bond acceptors (Lipinski definition) is 3. The van der Waals surface area contributed by atoms with Crippen LogP contribution in [-0.2, 0) is 11.2 Å². The normalized spacial score (nSPS) is 16.2. The fourth-order valence-electron chi connectivity index (χ4n) is 2.94. The van der Waals surface area contributed by atoms with E-state index in [0.717, 1.165) is 30.6 Å². The summed E-state index contributed by atoms with van der Waals surface area (Å²) in [5, 5.41) is 13.3. The third-order valence-corrected chi connectivity index (χ3v) is 4.47. The van der Waals surface area contributed by atoms with E-state index < -0.39 is 6.10 Å². The van der Waals surface area contributed by atoms with Crippen LogP contribution >= 0.6 is 0 Å². The molecule has 4 nitrogen and oxygen atoms in total. The minimum atomic E-state index is -1.13. The lowest BCUT2D eigenvalue weighted by atomic mass is 10.0. The maximum atomic E-state index is 12.4. The summed E-state index contributed by atoms with van der Waals surface area (Å²) in [6, 6.07) is 17.0. The van der Waals surface area contributed by atoms with Crippen LogP contribution < -0.4 is 10.1 Å². The van der Waals surface area contributed by atoms with Crippen LogP contribution in [0.3, 0.4) is 0 Å². The van der Waals surface area contributed by atoms with Gasteiger partial charge in [0.1, 0.15) is 5.75 Å². The number of ether oxygens (including phenoxy) is 1. The molecule has 2 atom stereocenters. The zero-order chi connectivity index (χ0) is 16.9. The minimum absolute atomic E-state index is 0.0444. The number of carbonyl (C=O) groups is 1. The van der Waals surface area contributed by atoms with Crippen LogP contribution in [0.1, 0.15) is 30.1 Å². The summed E-state index contributed by atoms with van der Waals surface area (Å²) in [7, 11) is 1.65. The van der Waals surface area contributed by atoms with Crippen molar-refractivity contribution in [1.82, 2.24) is 5.32 Å². The van der Waals surface area contributed by atoms with Crippen molar-refractivity contribution >= 4 is 5.91 Å². The second-order valence-electron chi connectivity index (χ2n) is 6.32. The number of aliphatic hydroxyl groups is 1. The Labute approximate surface area is 142 Å². The van der Waals surface area contributed by atoms with Crippen LogP contribution in [0.5, 0.6) is 5.75 Å². The summed E-state index contributed by atoms with van der Waals surface area (Å²) in [6.45, 7) is 0. The van der Waals surface area contributed by atoms with Crippen molar-refractivity contribution in [3.63, 3.8) is 0 Å². The van der Waals surface area contributed by atoms with E-state index in [1.54, 1.807) is 19.2 Å². The van der Waals surface area contributed by atoms with Crippen molar-refractivity contribution < 1.29 is 14.6 Å². The SMILES string of the molecule is COc1cccc(CC(NC(=O)C(O)c2ccccc2)C2CC2)c1. The number of benzene rings is 2. The Morgan fingerprint density at radius 3 is 2.62 bits per heavy atom. The number of amides is 1. The molecule has 2 N–H and O–H groups in total. The van der Waals surface area contributed by atoms with Gasteiger partial charge in [-0.3, -0.25) is 4.79 Å². The monoisotopic (exact) mass is 325 g/mol. The standard InChI is InChI=1S/C20H23NO3/c1-24-17-9-5-6-14(12-17)13-18(15-10-11-15)21-20(23)19(22)16-7-3-2-4-8-16/h2-9,12,15,18-19,22H,10-11,13H2,1H3,(H,21,23). The molecule has 1 aliphatic rings. The summed E-state index contributed by atoms with van der Waals surface area (Å²) in [4.78, 5) is 12.4. The molecule has 0 aromatic heterocycles. The van der Waals surface area contributed by atoms with E-state index in [0.29, 0.717) is 11.5 Å². The van der Waals surface area contributed by atoms with Crippen LogP contribution in [0.4, 0.5) is 0 Å². The Bertz CT molecular complexity index is 682. The second kappa shape index (κ2) is 7.49. The average Bonchev–Trinajstić information content (AvgIpc) is 3.46. The third kappa shape index (κ3) is 4.15. The molecule has 0 saturated heterocycles. The Morgan fingerprint density at radius 1 is 1.21 bits per heavy atom. The lowest BCUT2D eigenvalue weighted by Crippen LogP contribution is -2.40. The molecule has 1 fully saturated rings. The smallest absolute Gasteiger partial charge is 0.253 e. The van der Waals surface area contributed by atoms with Gasteiger partial charge in [-0.05, 0) is 48.4 Å². The highest BCUT2D eigenvalue weighted by Crippen LogP contribution is 2.34. The van der Waals surface area contributed by atoms with Gasteiger partial charge >= 0.3 is 0 Å². The Hall–Kier alpha value is -2.33. The first-order chi connectivity index (χ1) is 11.7. The lowest BCUT2D eigenvalue weighted by Gasteiger charge is -2.21. The molecular weight excluding hydrogens is 302 g/mol. The first kappa shape index (κ1) is 16.5. The molecule has 1 aliphatic carbocycles. The number of carbonyl (C=O) groups excluding carboxylic acids is 1. The van der Waals surface area contributed by atoms with Crippen molar-refractivity contribution in [3.8, 4) is 5.75 Å². The molecule has 0 heterocycles. The topological polar surface area (TPSA) is 58.6 Å². The van der Waals surface area contributed by atoms with Gasteiger partial charge in [0.25, 0.3) is 5.91 Å². The van der Waals surface area contributed by atoms with E-state index in [2.05, 4.69) is 5.32 Å². The number of hydrogen-bond donors (Lipinski definition) is 2. The highest BCUT2D eigenvalue weighted by atomic mass is 16.5. The molecule has 2 unspecified atom stereocenters. The zero-order valence-electron chi connectivity index (χ0n) is 13.8. The van der Waals surface area contributed by atoms with Crippen molar-refractivity contribution in [3.05, 3.63) is 65.7 Å². The van der Waals surface area contributed by atoms with Crippen molar-refractivity contribution in [2.45, 2.75) is 31.4 Å². The largest absolute Gasteiger partial charge is 0.497 e. The van der Waals surface area contributed by atoms with Crippen LogP contribution in [0.15, 0.2) is 54.6 Å². The van der Waals surface area contributed by atoms with Crippen LogP contribution in [0.2, 0.25) is 0 Å². The van der Waals surface area contributed by atoms with Gasteiger partial charge < -0.3 is 15.2 Å². The molecule has 0 bridgehead atoms. The maximum absolute atomic E-state index is 12.4. The van der Waals surface area contributed by atoms with Gasteiger partial charge in [-0.25, -0.2) is 0 Å². The van der Waals surface area contributed by atoms with Gasteiger partial charge in [-0.15, -0.1) is 0 Å². The van der Waals surface area contributed by atoms with Crippen LogP contribution in [-0.4, -0.2) is 24.2 Å². The van der Waals surface area contributed by atoms with E-state index in [1.165, 1.54) is 0 Å². The summed E-state index contributed by atoms with van der Waals surface area (Å²) in [5.41, 5.74) is 1.74. The first-order valence-electron chi connectivity index (χ1n) is 8.33. The zero-order valence-corrected chi connectivity index (χ0v) is 13.8.